The van der Waals surface area contributed by atoms with E-state index >= 15 is 0 Å². The van der Waals surface area contributed by atoms with Crippen molar-refractivity contribution in [3.63, 3.8) is 0 Å². The van der Waals surface area contributed by atoms with Gasteiger partial charge in [-0.05, 0) is 20.8 Å². The Morgan fingerprint density at radius 1 is 1.33 bits per heavy atom. The van der Waals surface area contributed by atoms with Gasteiger partial charge >= 0.3 is 6.18 Å². The van der Waals surface area contributed by atoms with Gasteiger partial charge in [0.1, 0.15) is 6.04 Å². The van der Waals surface area contributed by atoms with E-state index in [0.29, 0.717) is 11.5 Å². The quantitative estimate of drug-likeness (QED) is 0.885. The van der Waals surface area contributed by atoms with Crippen LogP contribution in [0.3, 0.4) is 0 Å². The summed E-state index contributed by atoms with van der Waals surface area (Å²) in [7, 11) is 0. The lowest BCUT2D eigenvalue weighted by molar-refractivity contribution is -0.144. The molecule has 0 aliphatic heterocycles. The Balaban J connectivity index is 2.62. The molecular weight excluding hydrogens is 269 g/mol. The molecule has 2 N–H and O–H groups in total. The molecule has 1 unspecified atom stereocenters. The summed E-state index contributed by atoms with van der Waals surface area (Å²) < 4.78 is 39.9. The molecule has 1 heterocycles. The first-order valence-electron chi connectivity index (χ1n) is 5.18. The van der Waals surface area contributed by atoms with Crippen LogP contribution in [0.15, 0.2) is 0 Å². The van der Waals surface area contributed by atoms with Crippen LogP contribution in [-0.2, 0) is 11.0 Å². The van der Waals surface area contributed by atoms with E-state index in [4.69, 9.17) is 0 Å². The molecule has 102 valence electrons. The third-order valence-corrected chi connectivity index (χ3v) is 2.49. The summed E-state index contributed by atoms with van der Waals surface area (Å²) in [5.74, 6) is -1.51. The molecule has 1 aromatic rings. The number of alkyl halides is 3. The van der Waals surface area contributed by atoms with Crippen LogP contribution in [0.1, 0.15) is 26.6 Å². The molecule has 0 bridgehead atoms. The summed E-state index contributed by atoms with van der Waals surface area (Å²) in [6.45, 7) is 5.11. The third kappa shape index (κ3) is 4.13. The van der Waals surface area contributed by atoms with Gasteiger partial charge in [0.15, 0.2) is 0 Å². The van der Waals surface area contributed by atoms with Crippen LogP contribution in [-0.4, -0.2) is 27.3 Å². The van der Waals surface area contributed by atoms with Crippen LogP contribution in [0.25, 0.3) is 0 Å². The minimum atomic E-state index is -4.57. The number of hydrogen-bond donors (Lipinski definition) is 2. The highest BCUT2D eigenvalue weighted by atomic mass is 32.1. The Hall–Kier alpha value is -1.38. The van der Waals surface area contributed by atoms with Crippen molar-refractivity contribution >= 4 is 22.6 Å². The Morgan fingerprint density at radius 2 is 1.94 bits per heavy atom. The van der Waals surface area contributed by atoms with Gasteiger partial charge < -0.3 is 10.6 Å². The van der Waals surface area contributed by atoms with Crippen molar-refractivity contribution in [3.8, 4) is 0 Å². The zero-order valence-corrected chi connectivity index (χ0v) is 10.8. The minimum Gasteiger partial charge on any atom is -0.352 e. The van der Waals surface area contributed by atoms with Gasteiger partial charge in [-0.3, -0.25) is 4.79 Å². The van der Waals surface area contributed by atoms with Crippen molar-refractivity contribution in [2.24, 2.45) is 0 Å². The van der Waals surface area contributed by atoms with E-state index in [0.717, 1.165) is 0 Å². The number of nitrogens with zero attached hydrogens (tertiary/aromatic N) is 2. The Labute approximate surface area is 106 Å². The summed E-state index contributed by atoms with van der Waals surface area (Å²) in [6, 6.07) is -0.719. The third-order valence-electron chi connectivity index (χ3n) is 1.84. The number of carbonyl (C=O) groups excluding carboxylic acids is 1. The van der Waals surface area contributed by atoms with Gasteiger partial charge in [0.2, 0.25) is 16.9 Å². The second kappa shape index (κ2) is 5.51. The summed E-state index contributed by atoms with van der Waals surface area (Å²) in [5, 5.41) is 5.17. The van der Waals surface area contributed by atoms with E-state index < -0.39 is 18.0 Å². The summed E-state index contributed by atoms with van der Waals surface area (Å²) in [4.78, 5) is 14.8. The van der Waals surface area contributed by atoms with E-state index in [2.05, 4.69) is 20.0 Å². The fourth-order valence-electron chi connectivity index (χ4n) is 1.06. The standard InChI is InChI=1S/C9H13F3N4OS/c1-4(2)13-6(17)5(3)14-8-15-7(16-18-8)9(10,11)12/h4-5H,1-3H3,(H,13,17)(H,14,15,16). The smallest absolute Gasteiger partial charge is 0.352 e. The van der Waals surface area contributed by atoms with Crippen molar-refractivity contribution in [1.29, 1.82) is 0 Å². The molecule has 5 nitrogen and oxygen atoms in total. The Bertz CT molecular complexity index is 418. The highest BCUT2D eigenvalue weighted by molar-refractivity contribution is 7.09. The van der Waals surface area contributed by atoms with Crippen LogP contribution >= 0.6 is 11.5 Å². The molecule has 0 aliphatic carbocycles. The van der Waals surface area contributed by atoms with Gasteiger partial charge in [0.25, 0.3) is 0 Å². The molecule has 1 amide bonds. The van der Waals surface area contributed by atoms with Crippen molar-refractivity contribution < 1.29 is 18.0 Å². The summed E-state index contributed by atoms with van der Waals surface area (Å²) in [5.41, 5.74) is 0. The summed E-state index contributed by atoms with van der Waals surface area (Å²) >= 11 is 0.569. The molecule has 0 fully saturated rings. The second-order valence-corrected chi connectivity index (χ2v) is 4.70. The van der Waals surface area contributed by atoms with Crippen LogP contribution in [0.5, 0.6) is 0 Å². The van der Waals surface area contributed by atoms with Crippen molar-refractivity contribution in [2.75, 3.05) is 5.32 Å². The molecule has 18 heavy (non-hydrogen) atoms. The maximum atomic E-state index is 12.2. The topological polar surface area (TPSA) is 66.9 Å². The molecule has 0 spiro atoms. The van der Waals surface area contributed by atoms with Crippen molar-refractivity contribution in [1.82, 2.24) is 14.7 Å². The molecule has 0 aromatic carbocycles. The molecule has 9 heteroatoms. The Kier molecular flexibility index (Phi) is 4.49. The highest BCUT2D eigenvalue weighted by Crippen LogP contribution is 2.29. The fraction of sp³-hybridized carbons (Fsp3) is 0.667. The highest BCUT2D eigenvalue weighted by Gasteiger charge is 2.36. The van der Waals surface area contributed by atoms with E-state index in [9.17, 15) is 18.0 Å². The van der Waals surface area contributed by atoms with E-state index in [1.165, 1.54) is 6.92 Å². The van der Waals surface area contributed by atoms with Gasteiger partial charge in [0, 0.05) is 17.6 Å². The minimum absolute atomic E-state index is 0.0336. The number of rotatable bonds is 4. The largest absolute Gasteiger partial charge is 0.452 e. The summed E-state index contributed by atoms with van der Waals surface area (Å²) in [6.07, 6.45) is -4.57. The predicted octanol–water partition coefficient (Wildman–Crippen LogP) is 1.88. The zero-order valence-electron chi connectivity index (χ0n) is 10.00. The Morgan fingerprint density at radius 3 is 2.39 bits per heavy atom. The van der Waals surface area contributed by atoms with Crippen molar-refractivity contribution in [2.45, 2.75) is 39.0 Å². The first kappa shape index (κ1) is 14.7. The van der Waals surface area contributed by atoms with E-state index in [-0.39, 0.29) is 17.1 Å². The van der Waals surface area contributed by atoms with Crippen LogP contribution < -0.4 is 10.6 Å². The monoisotopic (exact) mass is 282 g/mol. The predicted molar refractivity (Wildman–Crippen MR) is 61.3 cm³/mol. The number of halogens is 3. The van der Waals surface area contributed by atoms with Gasteiger partial charge in [-0.15, -0.1) is 0 Å². The molecule has 1 aromatic heterocycles. The number of hydrogen-bond acceptors (Lipinski definition) is 5. The van der Waals surface area contributed by atoms with Gasteiger partial charge in [-0.25, -0.2) is 0 Å². The SMILES string of the molecule is CC(C)NC(=O)C(C)Nc1nc(C(F)(F)F)ns1. The lowest BCUT2D eigenvalue weighted by Gasteiger charge is -2.14. The molecule has 1 rings (SSSR count). The van der Waals surface area contributed by atoms with E-state index in [1.807, 2.05) is 0 Å². The lowest BCUT2D eigenvalue weighted by atomic mass is 10.3. The average Bonchev–Trinajstić information content (AvgIpc) is 2.64. The fourth-order valence-corrected chi connectivity index (χ4v) is 1.73. The molecule has 0 saturated heterocycles. The maximum absolute atomic E-state index is 12.2. The normalized spacial score (nSPS) is 13.5. The van der Waals surface area contributed by atoms with E-state index in [1.54, 1.807) is 13.8 Å². The zero-order chi connectivity index (χ0) is 13.9. The van der Waals surface area contributed by atoms with Crippen LogP contribution in [0, 0.1) is 0 Å². The van der Waals surface area contributed by atoms with Crippen LogP contribution in [0.2, 0.25) is 0 Å². The molecular formula is C9H13F3N4OS. The molecule has 0 saturated carbocycles. The molecule has 0 radical (unpaired) electrons. The van der Waals surface area contributed by atoms with Gasteiger partial charge in [-0.1, -0.05) is 0 Å². The average molecular weight is 282 g/mol. The second-order valence-electron chi connectivity index (χ2n) is 3.95. The number of anilines is 1. The number of aromatic nitrogens is 2. The van der Waals surface area contributed by atoms with Crippen molar-refractivity contribution in [3.05, 3.63) is 5.82 Å². The number of carbonyl (C=O) groups is 1. The first-order valence-corrected chi connectivity index (χ1v) is 5.95. The van der Waals surface area contributed by atoms with Crippen LogP contribution in [0.4, 0.5) is 18.3 Å². The number of nitrogens with one attached hydrogen (secondary N) is 2. The van der Waals surface area contributed by atoms with Gasteiger partial charge in [0.05, 0.1) is 0 Å². The number of amides is 1. The molecule has 1 atom stereocenters. The maximum Gasteiger partial charge on any atom is 0.452 e. The van der Waals surface area contributed by atoms with Gasteiger partial charge in [-0.2, -0.15) is 22.5 Å². The lowest BCUT2D eigenvalue weighted by Crippen LogP contribution is -2.40. The first-order chi connectivity index (χ1) is 8.20. The molecule has 0 aliphatic rings.